The molecule has 0 aliphatic carbocycles. The molecule has 2 nitrogen and oxygen atoms in total. The Morgan fingerprint density at radius 2 is 1.52 bits per heavy atom. The molecule has 0 fully saturated rings. The molecule has 0 saturated carbocycles. The normalized spacial score (nSPS) is 11.5. The van der Waals surface area contributed by atoms with Crippen molar-refractivity contribution in [2.24, 2.45) is 0 Å². The van der Waals surface area contributed by atoms with Crippen molar-refractivity contribution in [3.63, 3.8) is 0 Å². The number of para-hydroxylation sites is 2. The highest BCUT2D eigenvalue weighted by Crippen LogP contribution is 2.28. The lowest BCUT2D eigenvalue weighted by Gasteiger charge is -2.08. The molecule has 0 aliphatic heterocycles. The van der Waals surface area contributed by atoms with Gasteiger partial charge in [-0.2, -0.15) is 0 Å². The van der Waals surface area contributed by atoms with Gasteiger partial charge in [0.15, 0.2) is 0 Å². The van der Waals surface area contributed by atoms with E-state index in [-0.39, 0.29) is 0 Å². The molecule has 0 amide bonds. The summed E-state index contributed by atoms with van der Waals surface area (Å²) in [4.78, 5) is 4.55. The van der Waals surface area contributed by atoms with Crippen LogP contribution in [0.15, 0.2) is 85.1 Å². The third kappa shape index (κ3) is 1.85. The van der Waals surface area contributed by atoms with Gasteiger partial charge in [0.05, 0.1) is 28.4 Å². The molecule has 0 atom stereocenters. The summed E-state index contributed by atoms with van der Waals surface area (Å²) in [6.45, 7) is 0. The predicted octanol–water partition coefficient (Wildman–Crippen LogP) is 5.31. The van der Waals surface area contributed by atoms with E-state index < -0.39 is 0 Å². The van der Waals surface area contributed by atoms with Crippen molar-refractivity contribution in [2.75, 3.05) is 0 Å². The zero-order chi connectivity index (χ0) is 15.2. The number of nitrogens with zero attached hydrogens (tertiary/aromatic N) is 2. The van der Waals surface area contributed by atoms with Gasteiger partial charge in [-0.1, -0.05) is 48.5 Å². The summed E-state index contributed by atoms with van der Waals surface area (Å²) < 4.78 is 2.28. The fraction of sp³-hybridized carbons (Fsp3) is 0. The first kappa shape index (κ1) is 12.4. The highest BCUT2D eigenvalue weighted by atomic mass is 14.9. The number of fused-ring (bicyclic) bond motifs is 4. The van der Waals surface area contributed by atoms with Crippen molar-refractivity contribution < 1.29 is 0 Å². The summed E-state index contributed by atoms with van der Waals surface area (Å²) in [5, 5.41) is 2.53. The average molecular weight is 294 g/mol. The van der Waals surface area contributed by atoms with Crippen molar-refractivity contribution in [3.8, 4) is 11.3 Å². The van der Waals surface area contributed by atoms with Gasteiger partial charge in [0.2, 0.25) is 0 Å². The van der Waals surface area contributed by atoms with E-state index >= 15 is 0 Å². The second-order valence-electron chi connectivity index (χ2n) is 5.79. The lowest BCUT2D eigenvalue weighted by Crippen LogP contribution is -1.92. The Bertz CT molecular complexity index is 1170. The predicted molar refractivity (Wildman–Crippen MR) is 95.6 cm³/mol. The SMILES string of the molecule is c1ccc2cc(-c3ccc4cnc5ccccc5n34)ccc2c1. The van der Waals surface area contributed by atoms with E-state index in [1.165, 1.54) is 22.0 Å². The van der Waals surface area contributed by atoms with Gasteiger partial charge in [-0.3, -0.25) is 4.98 Å². The van der Waals surface area contributed by atoms with Crippen LogP contribution in [0.25, 0.3) is 38.6 Å². The number of benzene rings is 3. The van der Waals surface area contributed by atoms with E-state index in [0.29, 0.717) is 0 Å². The van der Waals surface area contributed by atoms with Crippen LogP contribution in [0.2, 0.25) is 0 Å². The highest BCUT2D eigenvalue weighted by Gasteiger charge is 2.08. The molecule has 5 aromatic rings. The molecule has 2 aromatic heterocycles. The first-order chi connectivity index (χ1) is 11.4. The van der Waals surface area contributed by atoms with Crippen molar-refractivity contribution >= 4 is 27.3 Å². The maximum absolute atomic E-state index is 4.55. The molecule has 3 aromatic carbocycles. The Morgan fingerprint density at radius 3 is 2.48 bits per heavy atom. The Kier molecular flexibility index (Phi) is 2.53. The summed E-state index contributed by atoms with van der Waals surface area (Å²) in [6.07, 6.45) is 1.94. The summed E-state index contributed by atoms with van der Waals surface area (Å²) in [7, 11) is 0. The molecule has 0 spiro atoms. The van der Waals surface area contributed by atoms with Gasteiger partial charge in [-0.15, -0.1) is 0 Å². The molecule has 0 radical (unpaired) electrons. The fourth-order valence-corrected chi connectivity index (χ4v) is 3.29. The molecular weight excluding hydrogens is 280 g/mol. The monoisotopic (exact) mass is 294 g/mol. The van der Waals surface area contributed by atoms with Crippen LogP contribution in [0.1, 0.15) is 0 Å². The molecule has 0 saturated heterocycles. The number of hydrogen-bond donors (Lipinski definition) is 0. The lowest BCUT2D eigenvalue weighted by molar-refractivity contribution is 1.23. The molecule has 0 unspecified atom stereocenters. The summed E-state index contributed by atoms with van der Waals surface area (Å²) >= 11 is 0. The van der Waals surface area contributed by atoms with Crippen LogP contribution in [0.5, 0.6) is 0 Å². The van der Waals surface area contributed by atoms with Crippen molar-refractivity contribution in [2.45, 2.75) is 0 Å². The third-order valence-electron chi connectivity index (χ3n) is 4.41. The Morgan fingerprint density at radius 1 is 0.696 bits per heavy atom. The van der Waals surface area contributed by atoms with Gasteiger partial charge in [-0.05, 0) is 46.7 Å². The van der Waals surface area contributed by atoms with Crippen molar-refractivity contribution in [1.29, 1.82) is 0 Å². The van der Waals surface area contributed by atoms with E-state index in [1.807, 2.05) is 12.3 Å². The second-order valence-corrected chi connectivity index (χ2v) is 5.79. The average Bonchev–Trinajstić information content (AvgIpc) is 3.06. The van der Waals surface area contributed by atoms with E-state index in [2.05, 4.69) is 82.2 Å². The summed E-state index contributed by atoms with van der Waals surface area (Å²) in [5.41, 5.74) is 5.69. The van der Waals surface area contributed by atoms with Gasteiger partial charge in [0.1, 0.15) is 0 Å². The topological polar surface area (TPSA) is 17.3 Å². The Balaban J connectivity index is 1.86. The van der Waals surface area contributed by atoms with E-state index in [1.54, 1.807) is 0 Å². The summed E-state index contributed by atoms with van der Waals surface area (Å²) in [5.74, 6) is 0. The summed E-state index contributed by atoms with van der Waals surface area (Å²) in [6, 6.07) is 27.7. The lowest BCUT2D eigenvalue weighted by atomic mass is 10.1. The molecule has 2 heteroatoms. The van der Waals surface area contributed by atoms with Crippen LogP contribution in [0.3, 0.4) is 0 Å². The number of aromatic nitrogens is 2. The van der Waals surface area contributed by atoms with Gasteiger partial charge in [0.25, 0.3) is 0 Å². The molecule has 23 heavy (non-hydrogen) atoms. The first-order valence-corrected chi connectivity index (χ1v) is 7.74. The zero-order valence-corrected chi connectivity index (χ0v) is 12.5. The Labute approximate surface area is 133 Å². The molecule has 2 heterocycles. The fourth-order valence-electron chi connectivity index (χ4n) is 3.29. The minimum Gasteiger partial charge on any atom is -0.306 e. The van der Waals surface area contributed by atoms with E-state index in [9.17, 15) is 0 Å². The van der Waals surface area contributed by atoms with Gasteiger partial charge >= 0.3 is 0 Å². The minimum absolute atomic E-state index is 1.01. The van der Waals surface area contributed by atoms with Crippen LogP contribution in [0, 0.1) is 0 Å². The van der Waals surface area contributed by atoms with Crippen LogP contribution in [0.4, 0.5) is 0 Å². The van der Waals surface area contributed by atoms with Crippen LogP contribution in [-0.2, 0) is 0 Å². The largest absolute Gasteiger partial charge is 0.306 e. The number of rotatable bonds is 1. The van der Waals surface area contributed by atoms with Gasteiger partial charge < -0.3 is 4.40 Å². The van der Waals surface area contributed by atoms with Crippen LogP contribution >= 0.6 is 0 Å². The maximum Gasteiger partial charge on any atom is 0.0871 e. The Hall–Kier alpha value is -3.13. The van der Waals surface area contributed by atoms with E-state index in [4.69, 9.17) is 0 Å². The highest BCUT2D eigenvalue weighted by molar-refractivity contribution is 5.89. The second kappa shape index (κ2) is 4.68. The van der Waals surface area contributed by atoms with Gasteiger partial charge in [-0.25, -0.2) is 0 Å². The van der Waals surface area contributed by atoms with Crippen LogP contribution < -0.4 is 0 Å². The van der Waals surface area contributed by atoms with Crippen molar-refractivity contribution in [3.05, 3.63) is 85.1 Å². The molecule has 108 valence electrons. The molecule has 0 N–H and O–H groups in total. The molecular formula is C21H14N2. The van der Waals surface area contributed by atoms with Crippen LogP contribution in [-0.4, -0.2) is 9.38 Å². The maximum atomic E-state index is 4.55. The van der Waals surface area contributed by atoms with Crippen molar-refractivity contribution in [1.82, 2.24) is 9.38 Å². The molecule has 0 aliphatic rings. The standard InChI is InChI=1S/C21H14N2/c1-2-6-16-13-17(10-9-15(16)5-1)20-12-11-18-14-22-19-7-3-4-8-21(19)23(18)20/h1-14H. The van der Waals surface area contributed by atoms with E-state index in [0.717, 1.165) is 16.6 Å². The quantitative estimate of drug-likeness (QED) is 0.409. The zero-order valence-electron chi connectivity index (χ0n) is 12.5. The number of hydrogen-bond acceptors (Lipinski definition) is 1. The smallest absolute Gasteiger partial charge is 0.0871 e. The minimum atomic E-state index is 1.01. The first-order valence-electron chi connectivity index (χ1n) is 7.74. The van der Waals surface area contributed by atoms with Gasteiger partial charge in [0, 0.05) is 0 Å². The molecule has 5 rings (SSSR count). The third-order valence-corrected chi connectivity index (χ3v) is 4.41. The molecule has 0 bridgehead atoms.